The minimum absolute atomic E-state index is 0.0616. The van der Waals surface area contributed by atoms with Gasteiger partial charge in [0.2, 0.25) is 0 Å². The highest BCUT2D eigenvalue weighted by atomic mass is 16.2. The van der Waals surface area contributed by atoms with Crippen LogP contribution in [0, 0.1) is 20.8 Å². The van der Waals surface area contributed by atoms with Crippen molar-refractivity contribution in [3.8, 4) is 0 Å². The molecule has 0 aliphatic carbocycles. The molecule has 0 spiro atoms. The first-order valence-corrected chi connectivity index (χ1v) is 8.93. The van der Waals surface area contributed by atoms with Crippen LogP contribution in [0.15, 0.2) is 48.8 Å². The molecule has 2 aromatic carbocycles. The molecule has 0 atom stereocenters. The van der Waals surface area contributed by atoms with Gasteiger partial charge in [-0.3, -0.25) is 9.59 Å². The number of aryl methyl sites for hydroxylation is 3. The van der Waals surface area contributed by atoms with Crippen LogP contribution in [0.3, 0.4) is 0 Å². The van der Waals surface area contributed by atoms with Crippen molar-refractivity contribution in [3.63, 3.8) is 0 Å². The topological polar surface area (TPSA) is 84.0 Å². The van der Waals surface area contributed by atoms with Crippen LogP contribution in [0.4, 0.5) is 17.2 Å². The number of Topliss-reactive ketones (excluding diaryl/α,β-unsaturated/α-hetero) is 1. The molecule has 1 amide bonds. The van der Waals surface area contributed by atoms with Gasteiger partial charge in [-0.15, -0.1) is 0 Å². The molecule has 3 aromatic rings. The van der Waals surface area contributed by atoms with Crippen molar-refractivity contribution in [1.82, 2.24) is 9.97 Å². The number of carbonyl (C=O) groups is 2. The van der Waals surface area contributed by atoms with Crippen LogP contribution in [-0.2, 0) is 0 Å². The van der Waals surface area contributed by atoms with E-state index in [4.69, 9.17) is 0 Å². The lowest BCUT2D eigenvalue weighted by Gasteiger charge is -2.13. The van der Waals surface area contributed by atoms with Crippen molar-refractivity contribution < 1.29 is 9.59 Å². The van der Waals surface area contributed by atoms with E-state index in [1.54, 1.807) is 30.3 Å². The first-order chi connectivity index (χ1) is 13.3. The van der Waals surface area contributed by atoms with E-state index in [1.165, 1.54) is 18.8 Å². The molecule has 0 fully saturated rings. The monoisotopic (exact) mass is 374 g/mol. The lowest BCUT2D eigenvalue weighted by Crippen LogP contribution is -2.14. The van der Waals surface area contributed by atoms with E-state index in [1.807, 2.05) is 13.8 Å². The Morgan fingerprint density at radius 1 is 0.929 bits per heavy atom. The number of hydrogen-bond acceptors (Lipinski definition) is 5. The zero-order valence-corrected chi connectivity index (χ0v) is 16.3. The number of benzene rings is 2. The Kier molecular flexibility index (Phi) is 5.49. The molecule has 0 saturated carbocycles. The van der Waals surface area contributed by atoms with Crippen molar-refractivity contribution in [2.45, 2.75) is 27.7 Å². The van der Waals surface area contributed by atoms with Gasteiger partial charge in [-0.05, 0) is 51.0 Å². The molecular formula is C22H22N4O2. The SMILES string of the molecule is CC(=O)c1cccc(NC(=O)c2cc(Nc3c(C)cc(C)cc3C)ncn2)c1. The summed E-state index contributed by atoms with van der Waals surface area (Å²) in [6, 6.07) is 12.6. The minimum atomic E-state index is -0.372. The minimum Gasteiger partial charge on any atom is -0.340 e. The molecule has 6 heteroatoms. The Balaban J connectivity index is 1.80. The Morgan fingerprint density at radius 2 is 1.64 bits per heavy atom. The van der Waals surface area contributed by atoms with Gasteiger partial charge in [-0.2, -0.15) is 0 Å². The quantitative estimate of drug-likeness (QED) is 0.638. The largest absolute Gasteiger partial charge is 0.340 e. The van der Waals surface area contributed by atoms with Gasteiger partial charge in [0.1, 0.15) is 17.8 Å². The summed E-state index contributed by atoms with van der Waals surface area (Å²) in [5.74, 6) is 0.102. The molecule has 6 nitrogen and oxygen atoms in total. The molecular weight excluding hydrogens is 352 g/mol. The summed E-state index contributed by atoms with van der Waals surface area (Å²) in [5, 5.41) is 6.04. The molecule has 3 rings (SSSR count). The van der Waals surface area contributed by atoms with Gasteiger partial charge in [0.05, 0.1) is 0 Å². The molecule has 0 unspecified atom stereocenters. The summed E-state index contributed by atoms with van der Waals surface area (Å²) < 4.78 is 0. The van der Waals surface area contributed by atoms with E-state index < -0.39 is 0 Å². The molecule has 0 aliphatic rings. The van der Waals surface area contributed by atoms with Crippen molar-refractivity contribution in [3.05, 3.63) is 76.7 Å². The van der Waals surface area contributed by atoms with Crippen LogP contribution in [0.25, 0.3) is 0 Å². The second-order valence-corrected chi connectivity index (χ2v) is 6.78. The Morgan fingerprint density at radius 3 is 2.32 bits per heavy atom. The van der Waals surface area contributed by atoms with E-state index in [0.717, 1.165) is 16.8 Å². The summed E-state index contributed by atoms with van der Waals surface area (Å²) >= 11 is 0. The third-order valence-electron chi connectivity index (χ3n) is 4.36. The van der Waals surface area contributed by atoms with Gasteiger partial charge in [0.25, 0.3) is 5.91 Å². The maximum absolute atomic E-state index is 12.6. The number of nitrogens with zero attached hydrogens (tertiary/aromatic N) is 2. The van der Waals surface area contributed by atoms with Crippen molar-refractivity contribution in [2.24, 2.45) is 0 Å². The summed E-state index contributed by atoms with van der Waals surface area (Å²) in [6.07, 6.45) is 1.35. The van der Waals surface area contributed by atoms with Gasteiger partial charge in [0.15, 0.2) is 5.78 Å². The first-order valence-electron chi connectivity index (χ1n) is 8.93. The third kappa shape index (κ3) is 4.40. The maximum atomic E-state index is 12.6. The second kappa shape index (κ2) is 8.00. The molecule has 0 saturated heterocycles. The predicted molar refractivity (Wildman–Crippen MR) is 110 cm³/mol. The molecule has 1 heterocycles. The van der Waals surface area contributed by atoms with E-state index in [-0.39, 0.29) is 17.4 Å². The maximum Gasteiger partial charge on any atom is 0.274 e. The summed E-state index contributed by atoms with van der Waals surface area (Å²) in [4.78, 5) is 32.4. The number of carbonyl (C=O) groups excluding carboxylic acids is 2. The summed E-state index contributed by atoms with van der Waals surface area (Å²) in [7, 11) is 0. The molecule has 0 aliphatic heterocycles. The lowest BCUT2D eigenvalue weighted by molar-refractivity contribution is 0.100. The standard InChI is InChI=1S/C22H22N4O2/c1-13-8-14(2)21(15(3)9-13)26-20-11-19(23-12-24-20)22(28)25-18-7-5-6-17(10-18)16(4)27/h5-12H,1-4H3,(H,25,28)(H,23,24,26). The van der Waals surface area contributed by atoms with Crippen LogP contribution in [0.5, 0.6) is 0 Å². The molecule has 0 radical (unpaired) electrons. The fraction of sp³-hybridized carbons (Fsp3) is 0.182. The molecule has 0 bridgehead atoms. The average Bonchev–Trinajstić information content (AvgIpc) is 2.65. The fourth-order valence-corrected chi connectivity index (χ4v) is 3.07. The van der Waals surface area contributed by atoms with Crippen LogP contribution in [-0.4, -0.2) is 21.7 Å². The Labute approximate surface area is 164 Å². The number of hydrogen-bond donors (Lipinski definition) is 2. The normalized spacial score (nSPS) is 10.4. The number of rotatable bonds is 5. The molecule has 28 heavy (non-hydrogen) atoms. The summed E-state index contributed by atoms with van der Waals surface area (Å²) in [5.41, 5.74) is 5.66. The van der Waals surface area contributed by atoms with E-state index in [2.05, 4.69) is 39.7 Å². The molecule has 142 valence electrons. The van der Waals surface area contributed by atoms with Crippen LogP contribution >= 0.6 is 0 Å². The highest BCUT2D eigenvalue weighted by molar-refractivity contribution is 6.04. The van der Waals surface area contributed by atoms with Gasteiger partial charge < -0.3 is 10.6 Å². The third-order valence-corrected chi connectivity index (χ3v) is 4.36. The smallest absolute Gasteiger partial charge is 0.274 e. The van der Waals surface area contributed by atoms with Gasteiger partial charge in [-0.1, -0.05) is 29.8 Å². The van der Waals surface area contributed by atoms with Crippen molar-refractivity contribution >= 4 is 28.9 Å². The average molecular weight is 374 g/mol. The molecule has 1 aromatic heterocycles. The van der Waals surface area contributed by atoms with Crippen molar-refractivity contribution in [2.75, 3.05) is 10.6 Å². The van der Waals surface area contributed by atoms with E-state index in [0.29, 0.717) is 17.1 Å². The van der Waals surface area contributed by atoms with Gasteiger partial charge in [-0.25, -0.2) is 9.97 Å². The number of amides is 1. The number of ketones is 1. The Hall–Kier alpha value is -3.54. The zero-order valence-electron chi connectivity index (χ0n) is 16.3. The number of anilines is 3. The number of nitrogens with one attached hydrogen (secondary N) is 2. The van der Waals surface area contributed by atoms with Crippen LogP contribution in [0.1, 0.15) is 44.5 Å². The van der Waals surface area contributed by atoms with Gasteiger partial charge in [0, 0.05) is 23.0 Å². The second-order valence-electron chi connectivity index (χ2n) is 6.78. The van der Waals surface area contributed by atoms with Crippen LogP contribution < -0.4 is 10.6 Å². The van der Waals surface area contributed by atoms with Crippen LogP contribution in [0.2, 0.25) is 0 Å². The van der Waals surface area contributed by atoms with E-state index in [9.17, 15) is 9.59 Å². The zero-order chi connectivity index (χ0) is 20.3. The summed E-state index contributed by atoms with van der Waals surface area (Å²) in [6.45, 7) is 7.59. The number of aromatic nitrogens is 2. The van der Waals surface area contributed by atoms with E-state index >= 15 is 0 Å². The first kappa shape index (κ1) is 19.2. The highest BCUT2D eigenvalue weighted by Crippen LogP contribution is 2.25. The lowest BCUT2D eigenvalue weighted by atomic mass is 10.1. The Bertz CT molecular complexity index is 1040. The van der Waals surface area contributed by atoms with Crippen molar-refractivity contribution in [1.29, 1.82) is 0 Å². The van der Waals surface area contributed by atoms with Gasteiger partial charge >= 0.3 is 0 Å². The molecule has 2 N–H and O–H groups in total. The predicted octanol–water partition coefficient (Wildman–Crippen LogP) is 4.60. The highest BCUT2D eigenvalue weighted by Gasteiger charge is 2.12. The fourth-order valence-electron chi connectivity index (χ4n) is 3.07.